The molecule has 20 heavy (non-hydrogen) atoms. The maximum absolute atomic E-state index is 12.0. The number of rotatable bonds is 6. The minimum absolute atomic E-state index is 0.248. The van der Waals surface area contributed by atoms with E-state index < -0.39 is 0 Å². The van der Waals surface area contributed by atoms with Crippen LogP contribution in [0.2, 0.25) is 0 Å². The van der Waals surface area contributed by atoms with Crippen molar-refractivity contribution in [1.29, 1.82) is 0 Å². The third kappa shape index (κ3) is 4.53. The molecule has 1 aliphatic rings. The lowest BCUT2D eigenvalue weighted by Gasteiger charge is -2.27. The van der Waals surface area contributed by atoms with E-state index in [2.05, 4.69) is 24.4 Å². The molecule has 0 radical (unpaired) electrons. The van der Waals surface area contributed by atoms with E-state index >= 15 is 0 Å². The molecule has 0 unspecified atom stereocenters. The lowest BCUT2D eigenvalue weighted by Crippen LogP contribution is -2.46. The second-order valence-electron chi connectivity index (χ2n) is 5.08. The highest BCUT2D eigenvalue weighted by molar-refractivity contribution is 5.76. The molecule has 0 atom stereocenters. The van der Waals surface area contributed by atoms with Gasteiger partial charge in [-0.3, -0.25) is 4.79 Å². The Hall–Kier alpha value is -1.55. The molecule has 110 valence electrons. The molecule has 1 fully saturated rings. The number of aryl methyl sites for hydroxylation is 1. The summed E-state index contributed by atoms with van der Waals surface area (Å²) in [5.74, 6) is 1.15. The van der Waals surface area contributed by atoms with E-state index in [9.17, 15) is 4.79 Å². The Bertz CT molecular complexity index is 428. The molecule has 0 bridgehead atoms. The second kappa shape index (κ2) is 7.90. The van der Waals surface area contributed by atoms with Gasteiger partial charge in [0.1, 0.15) is 5.75 Å². The van der Waals surface area contributed by atoms with Gasteiger partial charge in [0.15, 0.2) is 0 Å². The van der Waals surface area contributed by atoms with Crippen molar-refractivity contribution in [2.45, 2.75) is 26.2 Å². The van der Waals surface area contributed by atoms with Crippen molar-refractivity contribution in [3.63, 3.8) is 0 Å². The van der Waals surface area contributed by atoms with Crippen LogP contribution in [0.5, 0.6) is 5.75 Å². The quantitative estimate of drug-likeness (QED) is 0.806. The number of benzene rings is 1. The minimum Gasteiger partial charge on any atom is -0.494 e. The predicted molar refractivity (Wildman–Crippen MR) is 80.0 cm³/mol. The molecule has 1 heterocycles. The Morgan fingerprint density at radius 2 is 2.15 bits per heavy atom. The predicted octanol–water partition coefficient (Wildman–Crippen LogP) is 1.84. The lowest BCUT2D eigenvalue weighted by atomic mass is 10.2. The number of nitrogens with one attached hydrogen (secondary N) is 1. The molecule has 1 saturated heterocycles. The first-order valence-electron chi connectivity index (χ1n) is 7.50. The van der Waals surface area contributed by atoms with Crippen LogP contribution in [0.4, 0.5) is 0 Å². The van der Waals surface area contributed by atoms with Gasteiger partial charge in [-0.05, 0) is 30.5 Å². The highest BCUT2D eigenvalue weighted by Crippen LogP contribution is 2.14. The van der Waals surface area contributed by atoms with Crippen LogP contribution >= 0.6 is 0 Å². The largest absolute Gasteiger partial charge is 0.494 e. The summed E-state index contributed by atoms with van der Waals surface area (Å²) in [7, 11) is 0. The highest BCUT2D eigenvalue weighted by Gasteiger charge is 2.15. The molecule has 1 aromatic rings. The number of piperazine rings is 1. The molecular weight excluding hydrogens is 252 g/mol. The third-order valence-electron chi connectivity index (χ3n) is 3.58. The number of carbonyl (C=O) groups is 1. The molecule has 0 saturated carbocycles. The van der Waals surface area contributed by atoms with Crippen LogP contribution in [-0.2, 0) is 11.2 Å². The van der Waals surface area contributed by atoms with E-state index in [1.807, 2.05) is 17.0 Å². The van der Waals surface area contributed by atoms with Gasteiger partial charge in [-0.25, -0.2) is 0 Å². The number of ether oxygens (including phenoxy) is 1. The zero-order valence-electron chi connectivity index (χ0n) is 12.2. The van der Waals surface area contributed by atoms with Crippen molar-refractivity contribution in [3.05, 3.63) is 29.8 Å². The first kappa shape index (κ1) is 14.9. The molecule has 0 aromatic heterocycles. The number of nitrogens with zero attached hydrogens (tertiary/aromatic N) is 1. The summed E-state index contributed by atoms with van der Waals surface area (Å²) < 4.78 is 5.70. The number of carbonyl (C=O) groups excluding carboxylic acids is 1. The van der Waals surface area contributed by atoms with Crippen molar-refractivity contribution < 1.29 is 9.53 Å². The summed E-state index contributed by atoms with van der Waals surface area (Å²) >= 11 is 0. The van der Waals surface area contributed by atoms with Crippen molar-refractivity contribution >= 4 is 5.91 Å². The molecule has 2 rings (SSSR count). The maximum atomic E-state index is 12.0. The average molecular weight is 276 g/mol. The van der Waals surface area contributed by atoms with Crippen molar-refractivity contribution in [2.75, 3.05) is 32.8 Å². The first-order valence-corrected chi connectivity index (χ1v) is 7.50. The van der Waals surface area contributed by atoms with Gasteiger partial charge in [0.25, 0.3) is 0 Å². The van der Waals surface area contributed by atoms with E-state index in [1.54, 1.807) is 0 Å². The Balaban J connectivity index is 1.66. The number of amides is 1. The van der Waals surface area contributed by atoms with Crippen molar-refractivity contribution in [1.82, 2.24) is 10.2 Å². The van der Waals surface area contributed by atoms with Gasteiger partial charge in [-0.1, -0.05) is 19.1 Å². The van der Waals surface area contributed by atoms with Crippen LogP contribution in [0.25, 0.3) is 0 Å². The standard InChI is InChI=1S/C16H24N2O2/c1-2-14-5-3-6-15(13-14)20-12-4-7-16(19)18-10-8-17-9-11-18/h3,5-6,13,17H,2,4,7-12H2,1H3. The monoisotopic (exact) mass is 276 g/mol. The fourth-order valence-corrected chi connectivity index (χ4v) is 2.34. The molecular formula is C16H24N2O2. The second-order valence-corrected chi connectivity index (χ2v) is 5.08. The molecule has 1 amide bonds. The SMILES string of the molecule is CCc1cccc(OCCCC(=O)N2CCNCC2)c1. The zero-order valence-corrected chi connectivity index (χ0v) is 12.2. The minimum atomic E-state index is 0.248. The highest BCUT2D eigenvalue weighted by atomic mass is 16.5. The summed E-state index contributed by atoms with van der Waals surface area (Å²) in [5.41, 5.74) is 1.28. The van der Waals surface area contributed by atoms with E-state index in [1.165, 1.54) is 5.56 Å². The van der Waals surface area contributed by atoms with E-state index in [0.717, 1.165) is 44.8 Å². The summed E-state index contributed by atoms with van der Waals surface area (Å²) in [5, 5.41) is 3.25. The molecule has 0 spiro atoms. The van der Waals surface area contributed by atoms with Crippen LogP contribution < -0.4 is 10.1 Å². The van der Waals surface area contributed by atoms with Crippen molar-refractivity contribution in [3.8, 4) is 5.75 Å². The van der Waals surface area contributed by atoms with Crippen LogP contribution in [0, 0.1) is 0 Å². The topological polar surface area (TPSA) is 41.6 Å². The van der Waals surface area contributed by atoms with Gasteiger partial charge in [-0.15, -0.1) is 0 Å². The summed E-state index contributed by atoms with van der Waals surface area (Å²) in [6.07, 6.45) is 2.37. The summed E-state index contributed by atoms with van der Waals surface area (Å²) in [6.45, 7) is 6.21. The average Bonchev–Trinajstić information content (AvgIpc) is 2.52. The van der Waals surface area contributed by atoms with Gasteiger partial charge in [0.05, 0.1) is 6.61 Å². The maximum Gasteiger partial charge on any atom is 0.222 e. The van der Waals surface area contributed by atoms with Crippen LogP contribution in [-0.4, -0.2) is 43.6 Å². The Labute approximate surface area is 121 Å². The van der Waals surface area contributed by atoms with Gasteiger partial charge >= 0.3 is 0 Å². The molecule has 4 heteroatoms. The summed E-state index contributed by atoms with van der Waals surface area (Å²) in [4.78, 5) is 13.9. The van der Waals surface area contributed by atoms with Gasteiger partial charge in [0.2, 0.25) is 5.91 Å². The zero-order chi connectivity index (χ0) is 14.2. The molecule has 1 N–H and O–H groups in total. The Morgan fingerprint density at radius 3 is 2.90 bits per heavy atom. The fraction of sp³-hybridized carbons (Fsp3) is 0.562. The van der Waals surface area contributed by atoms with Gasteiger partial charge in [0, 0.05) is 32.6 Å². The Kier molecular flexibility index (Phi) is 5.87. The van der Waals surface area contributed by atoms with Gasteiger partial charge in [-0.2, -0.15) is 0 Å². The van der Waals surface area contributed by atoms with Gasteiger partial charge < -0.3 is 15.0 Å². The Morgan fingerprint density at radius 1 is 1.35 bits per heavy atom. The number of hydrogen-bond acceptors (Lipinski definition) is 3. The van der Waals surface area contributed by atoms with Crippen molar-refractivity contribution in [2.24, 2.45) is 0 Å². The smallest absolute Gasteiger partial charge is 0.222 e. The number of hydrogen-bond donors (Lipinski definition) is 1. The third-order valence-corrected chi connectivity index (χ3v) is 3.58. The normalized spacial score (nSPS) is 15.2. The first-order chi connectivity index (χ1) is 9.79. The molecule has 1 aliphatic heterocycles. The van der Waals surface area contributed by atoms with E-state index in [0.29, 0.717) is 13.0 Å². The molecule has 1 aromatic carbocycles. The van der Waals surface area contributed by atoms with Crippen LogP contribution in [0.3, 0.4) is 0 Å². The summed E-state index contributed by atoms with van der Waals surface area (Å²) in [6, 6.07) is 8.15. The van der Waals surface area contributed by atoms with E-state index in [-0.39, 0.29) is 5.91 Å². The van der Waals surface area contributed by atoms with Crippen LogP contribution in [0.1, 0.15) is 25.3 Å². The molecule has 0 aliphatic carbocycles. The molecule has 4 nitrogen and oxygen atoms in total. The van der Waals surface area contributed by atoms with Crippen LogP contribution in [0.15, 0.2) is 24.3 Å². The lowest BCUT2D eigenvalue weighted by molar-refractivity contribution is -0.132. The van der Waals surface area contributed by atoms with E-state index in [4.69, 9.17) is 4.74 Å². The fourth-order valence-electron chi connectivity index (χ4n) is 2.34.